The molecule has 4 heteroatoms. The summed E-state index contributed by atoms with van der Waals surface area (Å²) in [7, 11) is 0. The summed E-state index contributed by atoms with van der Waals surface area (Å²) >= 11 is 3.41. The van der Waals surface area contributed by atoms with Crippen molar-refractivity contribution in [2.24, 2.45) is 0 Å². The highest BCUT2D eigenvalue weighted by atomic mass is 79.9. The lowest BCUT2D eigenvalue weighted by molar-refractivity contribution is 0.452. The van der Waals surface area contributed by atoms with Crippen LogP contribution in [0.15, 0.2) is 41.1 Å². The molecule has 0 spiro atoms. The van der Waals surface area contributed by atoms with Gasteiger partial charge in [0.2, 0.25) is 5.88 Å². The molecule has 0 atom stereocenters. The zero-order valence-electron chi connectivity index (χ0n) is 8.14. The van der Waals surface area contributed by atoms with Crippen LogP contribution in [0.25, 0.3) is 0 Å². The molecule has 1 aromatic carbocycles. The van der Waals surface area contributed by atoms with Crippen molar-refractivity contribution in [3.63, 3.8) is 0 Å². The molecule has 1 aromatic heterocycles. The van der Waals surface area contributed by atoms with E-state index in [0.717, 1.165) is 15.9 Å². The Morgan fingerprint density at radius 3 is 2.60 bits per heavy atom. The van der Waals surface area contributed by atoms with Gasteiger partial charge in [0.25, 0.3) is 0 Å². The lowest BCUT2D eigenvalue weighted by Crippen LogP contribution is -1.93. The predicted octanol–water partition coefficient (Wildman–Crippen LogP) is 3.34. The molecule has 76 valence electrons. The first-order valence-corrected chi connectivity index (χ1v) is 5.26. The maximum atomic E-state index is 5.62. The van der Waals surface area contributed by atoms with E-state index in [1.807, 2.05) is 31.2 Å². The monoisotopic (exact) mass is 264 g/mol. The summed E-state index contributed by atoms with van der Waals surface area (Å²) in [4.78, 5) is 8.21. The second kappa shape index (κ2) is 4.40. The topological polar surface area (TPSA) is 35.0 Å². The van der Waals surface area contributed by atoms with E-state index in [9.17, 15) is 0 Å². The Bertz CT molecular complexity index is 430. The van der Waals surface area contributed by atoms with Crippen molar-refractivity contribution >= 4 is 15.9 Å². The van der Waals surface area contributed by atoms with Crippen LogP contribution in [-0.2, 0) is 0 Å². The first-order valence-electron chi connectivity index (χ1n) is 4.47. The van der Waals surface area contributed by atoms with Crippen molar-refractivity contribution in [1.82, 2.24) is 9.97 Å². The van der Waals surface area contributed by atoms with Crippen LogP contribution in [0.1, 0.15) is 5.69 Å². The zero-order valence-corrected chi connectivity index (χ0v) is 9.73. The quantitative estimate of drug-likeness (QED) is 0.835. The summed E-state index contributed by atoms with van der Waals surface area (Å²) in [5.41, 5.74) is 0.772. The molecule has 0 radical (unpaired) electrons. The maximum Gasteiger partial charge on any atom is 0.240 e. The first kappa shape index (κ1) is 10.1. The number of aryl methyl sites for hydroxylation is 1. The van der Waals surface area contributed by atoms with Crippen LogP contribution < -0.4 is 4.74 Å². The van der Waals surface area contributed by atoms with Crippen LogP contribution in [0.3, 0.4) is 0 Å². The number of halogens is 1. The van der Waals surface area contributed by atoms with Crippen molar-refractivity contribution in [3.8, 4) is 11.6 Å². The standard InChI is InChI=1S/C11H9BrN2O/c1-8-11(14-7-6-13-8)15-10-5-3-2-4-9(10)12/h2-7H,1H3. The molecule has 0 saturated heterocycles. The Hall–Kier alpha value is -1.42. The molecular weight excluding hydrogens is 256 g/mol. The van der Waals surface area contributed by atoms with Crippen molar-refractivity contribution in [3.05, 3.63) is 46.8 Å². The molecule has 0 aliphatic carbocycles. The molecule has 0 fully saturated rings. The Labute approximate surface area is 96.3 Å². The minimum absolute atomic E-state index is 0.532. The summed E-state index contributed by atoms with van der Waals surface area (Å²) < 4.78 is 6.52. The highest BCUT2D eigenvalue weighted by Crippen LogP contribution is 2.28. The fourth-order valence-electron chi connectivity index (χ4n) is 1.13. The fraction of sp³-hybridized carbons (Fsp3) is 0.0909. The number of ether oxygens (including phenoxy) is 1. The molecule has 1 heterocycles. The smallest absolute Gasteiger partial charge is 0.240 e. The van der Waals surface area contributed by atoms with Crippen LogP contribution in [0.4, 0.5) is 0 Å². The summed E-state index contributed by atoms with van der Waals surface area (Å²) in [5.74, 6) is 1.27. The Morgan fingerprint density at radius 1 is 1.13 bits per heavy atom. The normalized spacial score (nSPS) is 10.0. The molecule has 0 N–H and O–H groups in total. The Morgan fingerprint density at radius 2 is 1.87 bits per heavy atom. The minimum Gasteiger partial charge on any atom is -0.436 e. The van der Waals surface area contributed by atoms with Gasteiger partial charge in [-0.05, 0) is 35.0 Å². The van der Waals surface area contributed by atoms with E-state index in [4.69, 9.17) is 4.74 Å². The van der Waals surface area contributed by atoms with E-state index in [0.29, 0.717) is 5.88 Å². The third-order valence-electron chi connectivity index (χ3n) is 1.88. The molecule has 0 unspecified atom stereocenters. The molecule has 0 aliphatic rings. The Balaban J connectivity index is 2.30. The maximum absolute atomic E-state index is 5.62. The summed E-state index contributed by atoms with van der Waals surface area (Å²) in [6.07, 6.45) is 3.25. The van der Waals surface area contributed by atoms with Crippen LogP contribution in [0.5, 0.6) is 11.6 Å². The van der Waals surface area contributed by atoms with E-state index in [1.165, 1.54) is 0 Å². The lowest BCUT2D eigenvalue weighted by Gasteiger charge is -2.07. The molecule has 0 bridgehead atoms. The van der Waals surface area contributed by atoms with E-state index in [2.05, 4.69) is 25.9 Å². The SMILES string of the molecule is Cc1nccnc1Oc1ccccc1Br. The van der Waals surface area contributed by atoms with Crippen molar-refractivity contribution < 1.29 is 4.74 Å². The average Bonchev–Trinajstić information content (AvgIpc) is 2.24. The van der Waals surface area contributed by atoms with Gasteiger partial charge in [-0.25, -0.2) is 4.98 Å². The van der Waals surface area contributed by atoms with Crippen molar-refractivity contribution in [1.29, 1.82) is 0 Å². The number of aromatic nitrogens is 2. The van der Waals surface area contributed by atoms with Crippen LogP contribution in [-0.4, -0.2) is 9.97 Å². The van der Waals surface area contributed by atoms with E-state index >= 15 is 0 Å². The molecule has 15 heavy (non-hydrogen) atoms. The molecule has 0 saturated carbocycles. The van der Waals surface area contributed by atoms with Gasteiger partial charge in [-0.1, -0.05) is 12.1 Å². The van der Waals surface area contributed by atoms with Crippen LogP contribution in [0.2, 0.25) is 0 Å². The van der Waals surface area contributed by atoms with Gasteiger partial charge in [-0.3, -0.25) is 4.98 Å². The molecule has 2 aromatic rings. The van der Waals surface area contributed by atoms with Gasteiger partial charge in [0, 0.05) is 12.4 Å². The highest BCUT2D eigenvalue weighted by molar-refractivity contribution is 9.10. The molecule has 0 amide bonds. The summed E-state index contributed by atoms with van der Waals surface area (Å²) in [6.45, 7) is 1.86. The van der Waals surface area contributed by atoms with E-state index in [1.54, 1.807) is 12.4 Å². The molecule has 2 rings (SSSR count). The van der Waals surface area contributed by atoms with Gasteiger partial charge in [-0.15, -0.1) is 0 Å². The van der Waals surface area contributed by atoms with Gasteiger partial charge >= 0.3 is 0 Å². The number of benzene rings is 1. The fourth-order valence-corrected chi connectivity index (χ4v) is 1.49. The second-order valence-corrected chi connectivity index (χ2v) is 3.83. The Kier molecular flexibility index (Phi) is 2.97. The van der Waals surface area contributed by atoms with Gasteiger partial charge in [-0.2, -0.15) is 0 Å². The summed E-state index contributed by atoms with van der Waals surface area (Å²) in [6, 6.07) is 7.63. The van der Waals surface area contributed by atoms with E-state index in [-0.39, 0.29) is 0 Å². The average molecular weight is 265 g/mol. The van der Waals surface area contributed by atoms with Gasteiger partial charge in [0.05, 0.1) is 10.2 Å². The van der Waals surface area contributed by atoms with Gasteiger partial charge < -0.3 is 4.74 Å². The third-order valence-corrected chi connectivity index (χ3v) is 2.53. The minimum atomic E-state index is 0.532. The largest absolute Gasteiger partial charge is 0.436 e. The number of hydrogen-bond donors (Lipinski definition) is 0. The van der Waals surface area contributed by atoms with Gasteiger partial charge in [0.1, 0.15) is 5.75 Å². The van der Waals surface area contributed by atoms with Gasteiger partial charge in [0.15, 0.2) is 0 Å². The number of rotatable bonds is 2. The predicted molar refractivity (Wildman–Crippen MR) is 61.0 cm³/mol. The van der Waals surface area contributed by atoms with Crippen molar-refractivity contribution in [2.75, 3.05) is 0 Å². The number of nitrogens with zero attached hydrogens (tertiary/aromatic N) is 2. The zero-order chi connectivity index (χ0) is 10.7. The summed E-state index contributed by atoms with van der Waals surface area (Å²) in [5, 5.41) is 0. The van der Waals surface area contributed by atoms with Crippen LogP contribution in [0, 0.1) is 6.92 Å². The number of para-hydroxylation sites is 1. The second-order valence-electron chi connectivity index (χ2n) is 2.98. The van der Waals surface area contributed by atoms with Crippen molar-refractivity contribution in [2.45, 2.75) is 6.92 Å². The van der Waals surface area contributed by atoms with Crippen LogP contribution >= 0.6 is 15.9 Å². The molecule has 0 aliphatic heterocycles. The molecular formula is C11H9BrN2O. The lowest BCUT2D eigenvalue weighted by atomic mass is 10.3. The third kappa shape index (κ3) is 2.33. The number of hydrogen-bond acceptors (Lipinski definition) is 3. The molecule has 3 nitrogen and oxygen atoms in total. The highest BCUT2D eigenvalue weighted by Gasteiger charge is 2.05. The first-order chi connectivity index (χ1) is 7.27. The van der Waals surface area contributed by atoms with E-state index < -0.39 is 0 Å².